The maximum absolute atomic E-state index is 12.9. The molecule has 2 N–H and O–H groups in total. The van der Waals surface area contributed by atoms with Crippen molar-refractivity contribution in [2.75, 3.05) is 11.9 Å². The second-order valence-electron chi connectivity index (χ2n) is 5.82. The van der Waals surface area contributed by atoms with Crippen molar-refractivity contribution in [2.45, 2.75) is 26.1 Å². The van der Waals surface area contributed by atoms with E-state index in [1.807, 2.05) is 38.1 Å². The van der Waals surface area contributed by atoms with E-state index in [4.69, 9.17) is 28.6 Å². The van der Waals surface area contributed by atoms with Crippen LogP contribution < -0.4 is 15.4 Å². The first kappa shape index (κ1) is 20.3. The van der Waals surface area contributed by atoms with Gasteiger partial charge in [-0.05, 0) is 56.4 Å². The van der Waals surface area contributed by atoms with Crippen molar-refractivity contribution in [3.63, 3.8) is 0 Å². The monoisotopic (exact) mass is 402 g/mol. The third-order valence-corrected chi connectivity index (χ3v) is 3.98. The quantitative estimate of drug-likeness (QED) is 0.654. The van der Waals surface area contributed by atoms with E-state index in [1.54, 1.807) is 0 Å². The highest BCUT2D eigenvalue weighted by atomic mass is 35.5. The van der Waals surface area contributed by atoms with Crippen molar-refractivity contribution in [2.24, 2.45) is 0 Å². The summed E-state index contributed by atoms with van der Waals surface area (Å²) in [5.74, 6) is 0.732. The van der Waals surface area contributed by atoms with Crippen LogP contribution >= 0.6 is 23.8 Å². The van der Waals surface area contributed by atoms with Crippen LogP contribution in [0.15, 0.2) is 42.5 Å². The Morgan fingerprint density at radius 3 is 2.46 bits per heavy atom. The van der Waals surface area contributed by atoms with Crippen LogP contribution in [0, 0.1) is 6.92 Å². The van der Waals surface area contributed by atoms with Crippen LogP contribution in [0.3, 0.4) is 0 Å². The summed E-state index contributed by atoms with van der Waals surface area (Å²) in [5.41, 5.74) is 0.420. The van der Waals surface area contributed by atoms with Crippen molar-refractivity contribution < 1.29 is 17.9 Å². The zero-order valence-corrected chi connectivity index (χ0v) is 15.7. The smallest absolute Gasteiger partial charge is 0.417 e. The van der Waals surface area contributed by atoms with Gasteiger partial charge in [0, 0.05) is 5.69 Å². The Labute approximate surface area is 160 Å². The highest BCUT2D eigenvalue weighted by Gasteiger charge is 2.33. The Morgan fingerprint density at radius 2 is 1.85 bits per heavy atom. The summed E-state index contributed by atoms with van der Waals surface area (Å²) in [5, 5.41) is 5.52. The third-order valence-electron chi connectivity index (χ3n) is 3.43. The summed E-state index contributed by atoms with van der Waals surface area (Å²) in [6, 6.07) is 11.0. The van der Waals surface area contributed by atoms with Crippen LogP contribution in [0.2, 0.25) is 5.02 Å². The second-order valence-corrected chi connectivity index (χ2v) is 6.63. The van der Waals surface area contributed by atoms with E-state index in [-0.39, 0.29) is 21.9 Å². The normalized spacial score (nSPS) is 12.4. The summed E-state index contributed by atoms with van der Waals surface area (Å²) < 4.78 is 44.3. The van der Waals surface area contributed by atoms with Gasteiger partial charge in [-0.1, -0.05) is 29.3 Å². The van der Waals surface area contributed by atoms with E-state index in [0.717, 1.165) is 17.4 Å². The first-order valence-corrected chi connectivity index (χ1v) is 8.57. The van der Waals surface area contributed by atoms with Gasteiger partial charge in [-0.2, -0.15) is 13.2 Å². The molecule has 2 rings (SSSR count). The number of benzene rings is 2. The topological polar surface area (TPSA) is 33.3 Å². The molecule has 0 spiro atoms. The average molecular weight is 403 g/mol. The zero-order chi connectivity index (χ0) is 19.3. The molecule has 1 unspecified atom stereocenters. The lowest BCUT2D eigenvalue weighted by Crippen LogP contribution is -2.39. The molecular weight excluding hydrogens is 385 g/mol. The van der Waals surface area contributed by atoms with Gasteiger partial charge in [0.2, 0.25) is 0 Å². The SMILES string of the molecule is Cc1ccc(OCC(C)NC(=S)Nc2ccc(Cl)c(C(F)(F)F)c2)cc1. The Kier molecular flexibility index (Phi) is 6.72. The molecule has 0 radical (unpaired) electrons. The van der Waals surface area contributed by atoms with Gasteiger partial charge in [-0.3, -0.25) is 0 Å². The van der Waals surface area contributed by atoms with Crippen molar-refractivity contribution in [3.05, 3.63) is 58.6 Å². The molecule has 0 aliphatic carbocycles. The number of thiocarbonyl (C=S) groups is 1. The van der Waals surface area contributed by atoms with Crippen LogP contribution in [0.25, 0.3) is 0 Å². The third kappa shape index (κ3) is 6.07. The first-order valence-electron chi connectivity index (χ1n) is 7.79. The van der Waals surface area contributed by atoms with Gasteiger partial charge >= 0.3 is 6.18 Å². The average Bonchev–Trinajstić information content (AvgIpc) is 2.55. The maximum atomic E-state index is 12.9. The van der Waals surface area contributed by atoms with Crippen molar-refractivity contribution >= 4 is 34.6 Å². The first-order chi connectivity index (χ1) is 12.1. The summed E-state index contributed by atoms with van der Waals surface area (Å²) in [7, 11) is 0. The summed E-state index contributed by atoms with van der Waals surface area (Å²) in [4.78, 5) is 0. The van der Waals surface area contributed by atoms with Crippen LogP contribution in [0.1, 0.15) is 18.1 Å². The largest absolute Gasteiger partial charge is 0.491 e. The Morgan fingerprint density at radius 1 is 1.19 bits per heavy atom. The summed E-state index contributed by atoms with van der Waals surface area (Å²) >= 11 is 10.7. The second kappa shape index (κ2) is 8.60. The highest BCUT2D eigenvalue weighted by molar-refractivity contribution is 7.80. The standard InChI is InChI=1S/C18H18ClF3N2OS/c1-11-3-6-14(7-4-11)25-10-12(2)23-17(26)24-13-5-8-16(19)15(9-13)18(20,21)22/h3-9,12H,10H2,1-2H3,(H2,23,24,26). The molecular formula is C18H18ClF3N2OS. The van der Waals surface area contributed by atoms with E-state index in [1.165, 1.54) is 12.1 Å². The molecule has 2 aromatic rings. The number of aryl methyl sites for hydroxylation is 1. The highest BCUT2D eigenvalue weighted by Crippen LogP contribution is 2.36. The van der Waals surface area contributed by atoms with Gasteiger partial charge < -0.3 is 15.4 Å². The number of anilines is 1. The van der Waals surface area contributed by atoms with Gasteiger partial charge in [0.1, 0.15) is 12.4 Å². The Hall–Kier alpha value is -1.99. The van der Waals surface area contributed by atoms with Gasteiger partial charge in [0.15, 0.2) is 5.11 Å². The molecule has 2 aromatic carbocycles. The fourth-order valence-electron chi connectivity index (χ4n) is 2.11. The predicted octanol–water partition coefficient (Wildman–Crippen LogP) is 5.42. The molecule has 1 atom stereocenters. The minimum Gasteiger partial charge on any atom is -0.491 e. The van der Waals surface area contributed by atoms with E-state index >= 15 is 0 Å². The number of alkyl halides is 3. The summed E-state index contributed by atoms with van der Waals surface area (Å²) in [6.07, 6.45) is -4.53. The van der Waals surface area contributed by atoms with Crippen molar-refractivity contribution in [1.29, 1.82) is 0 Å². The van der Waals surface area contributed by atoms with E-state index in [0.29, 0.717) is 6.61 Å². The molecule has 26 heavy (non-hydrogen) atoms. The van der Waals surface area contributed by atoms with Crippen LogP contribution in [-0.4, -0.2) is 17.8 Å². The lowest BCUT2D eigenvalue weighted by Gasteiger charge is -2.18. The molecule has 140 valence electrons. The number of hydrogen-bond donors (Lipinski definition) is 2. The fraction of sp³-hybridized carbons (Fsp3) is 0.278. The van der Waals surface area contributed by atoms with Gasteiger partial charge in [0.05, 0.1) is 16.6 Å². The number of hydrogen-bond acceptors (Lipinski definition) is 2. The maximum Gasteiger partial charge on any atom is 0.417 e. The zero-order valence-electron chi connectivity index (χ0n) is 14.2. The Bertz CT molecular complexity index is 766. The molecule has 0 aromatic heterocycles. The molecule has 0 saturated heterocycles. The summed E-state index contributed by atoms with van der Waals surface area (Å²) in [6.45, 7) is 4.18. The molecule has 0 fully saturated rings. The van der Waals surface area contributed by atoms with Crippen LogP contribution in [0.4, 0.5) is 18.9 Å². The van der Waals surface area contributed by atoms with Crippen LogP contribution in [-0.2, 0) is 6.18 Å². The predicted molar refractivity (Wildman–Crippen MR) is 102 cm³/mol. The lowest BCUT2D eigenvalue weighted by atomic mass is 10.2. The van der Waals surface area contributed by atoms with Gasteiger partial charge in [-0.25, -0.2) is 0 Å². The van der Waals surface area contributed by atoms with E-state index < -0.39 is 11.7 Å². The lowest BCUT2D eigenvalue weighted by molar-refractivity contribution is -0.137. The minimum atomic E-state index is -4.53. The molecule has 0 heterocycles. The minimum absolute atomic E-state index is 0.148. The molecule has 0 amide bonds. The van der Waals surface area contributed by atoms with Gasteiger partial charge in [0.25, 0.3) is 0 Å². The number of rotatable bonds is 5. The van der Waals surface area contributed by atoms with E-state index in [9.17, 15) is 13.2 Å². The van der Waals surface area contributed by atoms with Crippen LogP contribution in [0.5, 0.6) is 5.75 Å². The molecule has 0 saturated carbocycles. The number of ether oxygens (including phenoxy) is 1. The van der Waals surface area contributed by atoms with Crippen molar-refractivity contribution in [3.8, 4) is 5.75 Å². The van der Waals surface area contributed by atoms with E-state index in [2.05, 4.69) is 10.6 Å². The molecule has 3 nitrogen and oxygen atoms in total. The molecule has 8 heteroatoms. The fourth-order valence-corrected chi connectivity index (χ4v) is 2.65. The molecule has 0 aliphatic rings. The number of halogens is 4. The molecule has 0 bridgehead atoms. The van der Waals surface area contributed by atoms with Crippen molar-refractivity contribution in [1.82, 2.24) is 5.32 Å². The number of nitrogens with one attached hydrogen (secondary N) is 2. The van der Waals surface area contributed by atoms with Gasteiger partial charge in [-0.15, -0.1) is 0 Å². The molecule has 0 aliphatic heterocycles. The Balaban J connectivity index is 1.88.